The van der Waals surface area contributed by atoms with E-state index in [9.17, 15) is 18.4 Å². The molecule has 0 radical (unpaired) electrons. The number of hydrogen-bond acceptors (Lipinski definition) is 4. The van der Waals surface area contributed by atoms with E-state index in [1.807, 2.05) is 0 Å². The van der Waals surface area contributed by atoms with Gasteiger partial charge >= 0.3 is 5.97 Å². The predicted molar refractivity (Wildman–Crippen MR) is 96.6 cm³/mol. The molecule has 1 atom stereocenters. The average molecular weight is 388 g/mol. The predicted octanol–water partition coefficient (Wildman–Crippen LogP) is 3.75. The number of halogens is 2. The number of carbonyl (C=O) groups is 2. The van der Waals surface area contributed by atoms with E-state index in [1.165, 1.54) is 46.6 Å². The van der Waals surface area contributed by atoms with E-state index in [1.54, 1.807) is 6.07 Å². The summed E-state index contributed by atoms with van der Waals surface area (Å²) in [6.45, 7) is 0.120. The van der Waals surface area contributed by atoms with Crippen LogP contribution in [0, 0.1) is 17.6 Å². The molecule has 3 aromatic rings. The summed E-state index contributed by atoms with van der Waals surface area (Å²) in [6.07, 6.45) is -0.143. The third kappa shape index (κ3) is 3.40. The van der Waals surface area contributed by atoms with Crippen molar-refractivity contribution in [2.75, 3.05) is 4.90 Å². The number of nitrogens with zero attached hydrogens (tertiary/aromatic N) is 2. The van der Waals surface area contributed by atoms with Gasteiger partial charge in [-0.1, -0.05) is 0 Å². The third-order valence-electron chi connectivity index (χ3n) is 4.52. The number of aromatic nitrogens is 1. The van der Waals surface area contributed by atoms with Crippen molar-refractivity contribution in [1.29, 1.82) is 0 Å². The Hall–Kier alpha value is -2.87. The highest BCUT2D eigenvalue weighted by molar-refractivity contribution is 7.18. The molecule has 2 heterocycles. The van der Waals surface area contributed by atoms with Gasteiger partial charge < -0.3 is 10.0 Å². The van der Waals surface area contributed by atoms with Gasteiger partial charge in [0.15, 0.2) is 0 Å². The summed E-state index contributed by atoms with van der Waals surface area (Å²) in [4.78, 5) is 29.8. The second-order valence-electron chi connectivity index (χ2n) is 6.42. The van der Waals surface area contributed by atoms with Crippen LogP contribution in [-0.4, -0.2) is 22.0 Å². The molecule has 1 amide bonds. The van der Waals surface area contributed by atoms with Gasteiger partial charge in [-0.25, -0.2) is 13.8 Å². The van der Waals surface area contributed by atoms with Gasteiger partial charge in [-0.15, -0.1) is 11.3 Å². The Morgan fingerprint density at radius 2 is 1.96 bits per heavy atom. The van der Waals surface area contributed by atoms with Gasteiger partial charge in [0.05, 0.1) is 29.1 Å². The second-order valence-corrected chi connectivity index (χ2v) is 7.53. The monoisotopic (exact) mass is 388 g/mol. The molecule has 0 aliphatic carbocycles. The zero-order valence-electron chi connectivity index (χ0n) is 14.0. The van der Waals surface area contributed by atoms with Crippen LogP contribution < -0.4 is 4.90 Å². The lowest BCUT2D eigenvalue weighted by atomic mass is 9.89. The van der Waals surface area contributed by atoms with E-state index >= 15 is 0 Å². The quantitative estimate of drug-likeness (QED) is 0.739. The molecule has 0 saturated heterocycles. The first-order valence-corrected chi connectivity index (χ1v) is 9.09. The van der Waals surface area contributed by atoms with Gasteiger partial charge in [-0.3, -0.25) is 9.59 Å². The number of fused-ring (bicyclic) bond motifs is 2. The van der Waals surface area contributed by atoms with Gasteiger partial charge in [0.1, 0.15) is 16.6 Å². The topological polar surface area (TPSA) is 70.5 Å². The van der Waals surface area contributed by atoms with Crippen LogP contribution in [0.5, 0.6) is 0 Å². The van der Waals surface area contributed by atoms with Crippen molar-refractivity contribution in [3.05, 3.63) is 58.6 Å². The lowest BCUT2D eigenvalue weighted by Crippen LogP contribution is -2.41. The Morgan fingerprint density at radius 3 is 2.74 bits per heavy atom. The van der Waals surface area contributed by atoms with Crippen LogP contribution in [0.4, 0.5) is 14.5 Å². The fraction of sp³-hybridized carbons (Fsp3) is 0.211. The van der Waals surface area contributed by atoms with Gasteiger partial charge in [0, 0.05) is 11.8 Å². The number of aliphatic carboxylic acids is 1. The van der Waals surface area contributed by atoms with Gasteiger partial charge in [0.25, 0.3) is 0 Å². The van der Waals surface area contributed by atoms with Gasteiger partial charge in [-0.2, -0.15) is 0 Å². The molecule has 8 heteroatoms. The lowest BCUT2D eigenvalue weighted by Gasteiger charge is -2.33. The fourth-order valence-electron chi connectivity index (χ4n) is 3.36. The minimum absolute atomic E-state index is 0.120. The van der Waals surface area contributed by atoms with Crippen molar-refractivity contribution >= 4 is 39.1 Å². The van der Waals surface area contributed by atoms with Crippen molar-refractivity contribution in [2.45, 2.75) is 19.4 Å². The number of carboxylic acids is 1. The summed E-state index contributed by atoms with van der Waals surface area (Å²) < 4.78 is 27.8. The summed E-state index contributed by atoms with van der Waals surface area (Å²) >= 11 is 1.33. The molecule has 1 aromatic heterocycles. The maximum atomic E-state index is 13.6. The minimum Gasteiger partial charge on any atom is -0.481 e. The van der Waals surface area contributed by atoms with Crippen molar-refractivity contribution in [3.8, 4) is 0 Å². The van der Waals surface area contributed by atoms with E-state index in [2.05, 4.69) is 4.98 Å². The van der Waals surface area contributed by atoms with Crippen LogP contribution in [0.25, 0.3) is 10.2 Å². The summed E-state index contributed by atoms with van der Waals surface area (Å²) in [7, 11) is 0. The third-order valence-corrected chi connectivity index (χ3v) is 5.54. The molecule has 27 heavy (non-hydrogen) atoms. The first kappa shape index (κ1) is 17.5. The second kappa shape index (κ2) is 6.70. The molecule has 5 nitrogen and oxygen atoms in total. The van der Waals surface area contributed by atoms with Gasteiger partial charge in [0.2, 0.25) is 5.91 Å². The van der Waals surface area contributed by atoms with Crippen LogP contribution in [0.15, 0.2) is 36.4 Å². The molecule has 138 valence electrons. The van der Waals surface area contributed by atoms with Crippen LogP contribution >= 0.6 is 11.3 Å². The maximum absolute atomic E-state index is 13.6. The van der Waals surface area contributed by atoms with Crippen LogP contribution in [-0.2, 0) is 22.6 Å². The van der Waals surface area contributed by atoms with Crippen molar-refractivity contribution in [2.24, 2.45) is 5.92 Å². The number of anilines is 1. The molecular weight excluding hydrogens is 374 g/mol. The van der Waals surface area contributed by atoms with E-state index in [-0.39, 0.29) is 25.3 Å². The first-order valence-electron chi connectivity index (χ1n) is 8.27. The van der Waals surface area contributed by atoms with E-state index in [0.29, 0.717) is 21.8 Å². The highest BCUT2D eigenvalue weighted by Gasteiger charge is 2.34. The summed E-state index contributed by atoms with van der Waals surface area (Å²) in [5.41, 5.74) is 1.64. The standard InChI is InChI=1S/C19H14F2N2O3S/c20-12-1-3-15-10(6-12)5-11(7-18(24)25)19(26)23(15)9-17-22-14-8-13(21)2-4-16(14)27-17/h1-4,6,8,11H,5,7,9H2,(H,24,25). The highest BCUT2D eigenvalue weighted by atomic mass is 32.1. The Kier molecular flexibility index (Phi) is 4.35. The molecule has 2 aromatic carbocycles. The Labute approximate surface area is 156 Å². The summed E-state index contributed by atoms with van der Waals surface area (Å²) in [6, 6.07) is 8.41. The molecule has 1 aliphatic heterocycles. The Bertz CT molecular complexity index is 1070. The number of carbonyl (C=O) groups excluding carboxylic acids is 1. The van der Waals surface area contributed by atoms with Crippen molar-refractivity contribution in [3.63, 3.8) is 0 Å². The molecule has 0 spiro atoms. The lowest BCUT2D eigenvalue weighted by molar-refractivity contribution is -0.140. The van der Waals surface area contributed by atoms with Gasteiger partial charge in [-0.05, 0) is 42.3 Å². The fourth-order valence-corrected chi connectivity index (χ4v) is 4.29. The normalized spacial score (nSPS) is 16.6. The number of carboxylic acid groups (broad SMARTS) is 1. The SMILES string of the molecule is O=C(O)CC1Cc2cc(F)ccc2N(Cc2nc3cc(F)ccc3s2)C1=O. The van der Waals surface area contributed by atoms with E-state index in [0.717, 1.165) is 4.70 Å². The molecule has 0 bridgehead atoms. The molecule has 4 rings (SSSR count). The first-order chi connectivity index (χ1) is 12.9. The van der Waals surface area contributed by atoms with Crippen LogP contribution in [0.1, 0.15) is 17.0 Å². The van der Waals surface area contributed by atoms with E-state index < -0.39 is 23.5 Å². The molecule has 1 aliphatic rings. The zero-order chi connectivity index (χ0) is 19.1. The largest absolute Gasteiger partial charge is 0.481 e. The van der Waals surface area contributed by atoms with Crippen LogP contribution in [0.3, 0.4) is 0 Å². The molecule has 0 fully saturated rings. The van der Waals surface area contributed by atoms with Crippen LogP contribution in [0.2, 0.25) is 0 Å². The van der Waals surface area contributed by atoms with E-state index in [4.69, 9.17) is 5.11 Å². The number of thiazole rings is 1. The van der Waals surface area contributed by atoms with Crippen molar-refractivity contribution in [1.82, 2.24) is 4.98 Å². The number of hydrogen-bond donors (Lipinski definition) is 1. The van der Waals surface area contributed by atoms with Crippen molar-refractivity contribution < 1.29 is 23.5 Å². The molecule has 1 unspecified atom stereocenters. The number of amides is 1. The summed E-state index contributed by atoms with van der Waals surface area (Å²) in [5, 5.41) is 9.69. The smallest absolute Gasteiger partial charge is 0.304 e. The summed E-state index contributed by atoms with van der Waals surface area (Å²) in [5.74, 6) is -3.00. The minimum atomic E-state index is -1.08. The number of benzene rings is 2. The molecular formula is C19H14F2N2O3S. The Balaban J connectivity index is 1.72. The zero-order valence-corrected chi connectivity index (χ0v) is 14.8. The Morgan fingerprint density at radius 1 is 1.22 bits per heavy atom. The maximum Gasteiger partial charge on any atom is 0.304 e. The highest BCUT2D eigenvalue weighted by Crippen LogP contribution is 2.35. The average Bonchev–Trinajstić information content (AvgIpc) is 2.99. The molecule has 0 saturated carbocycles. The number of rotatable bonds is 4. The molecule has 1 N–H and O–H groups in total.